The van der Waals surface area contributed by atoms with Gasteiger partial charge in [-0.05, 0) is 50.7 Å². The Bertz CT molecular complexity index is 856. The summed E-state index contributed by atoms with van der Waals surface area (Å²) in [6.07, 6.45) is 2.99. The van der Waals surface area contributed by atoms with Crippen LogP contribution in [0.15, 0.2) is 30.1 Å². The zero-order valence-corrected chi connectivity index (χ0v) is 15.1. The highest BCUT2D eigenvalue weighted by Gasteiger charge is 2.23. The minimum absolute atomic E-state index is 0.247. The Morgan fingerprint density at radius 1 is 1.38 bits per heavy atom. The normalized spacial score (nSPS) is 19.7. The van der Waals surface area contributed by atoms with Crippen LogP contribution in [0.1, 0.15) is 23.2 Å². The van der Waals surface area contributed by atoms with Gasteiger partial charge in [-0.3, -0.25) is 4.98 Å². The third-order valence-electron chi connectivity index (χ3n) is 5.13. The molecule has 0 amide bonds. The fourth-order valence-electron chi connectivity index (χ4n) is 3.77. The number of fused-ring (bicyclic) bond motifs is 1. The van der Waals surface area contributed by atoms with Crippen LogP contribution in [0.5, 0.6) is 0 Å². The van der Waals surface area contributed by atoms with E-state index in [0.717, 1.165) is 42.0 Å². The smallest absolute Gasteiger partial charge is 0.132 e. The highest BCUT2D eigenvalue weighted by atomic mass is 19.1. The predicted molar refractivity (Wildman–Crippen MR) is 103 cm³/mol. The van der Waals surface area contributed by atoms with Gasteiger partial charge in [0.05, 0.1) is 23.8 Å². The molecule has 6 heteroatoms. The number of likely N-dealkylation sites (N-methyl/N-ethyl adjacent to an activating group) is 1. The van der Waals surface area contributed by atoms with E-state index in [0.29, 0.717) is 29.7 Å². The number of benzene rings is 1. The number of hydrogen-bond donors (Lipinski definition) is 3. The van der Waals surface area contributed by atoms with Crippen molar-refractivity contribution < 1.29 is 4.39 Å². The summed E-state index contributed by atoms with van der Waals surface area (Å²) in [4.78, 5) is 7.04. The minimum Gasteiger partial charge on any atom is -0.386 e. The number of nitrogens with one attached hydrogen (secondary N) is 2. The summed E-state index contributed by atoms with van der Waals surface area (Å²) >= 11 is 0. The van der Waals surface area contributed by atoms with Crippen LogP contribution in [-0.4, -0.2) is 36.1 Å². The van der Waals surface area contributed by atoms with Crippen molar-refractivity contribution in [2.24, 2.45) is 5.73 Å². The lowest BCUT2D eigenvalue weighted by atomic mass is 10.00. The second-order valence-corrected chi connectivity index (χ2v) is 7.19. The maximum absolute atomic E-state index is 14.5. The summed E-state index contributed by atoms with van der Waals surface area (Å²) in [5.41, 5.74) is 10.9. The first-order chi connectivity index (χ1) is 12.5. The number of nitrogens with two attached hydrogens (primary N) is 1. The third-order valence-corrected chi connectivity index (χ3v) is 5.13. The average Bonchev–Trinajstić information content (AvgIpc) is 3.00. The van der Waals surface area contributed by atoms with Crippen LogP contribution < -0.4 is 16.4 Å². The van der Waals surface area contributed by atoms with Crippen molar-refractivity contribution in [3.8, 4) is 11.3 Å². The minimum atomic E-state index is -0.247. The highest BCUT2D eigenvalue weighted by molar-refractivity contribution is 5.77. The lowest BCUT2D eigenvalue weighted by Crippen LogP contribution is -2.27. The molecule has 1 unspecified atom stereocenters. The average molecular weight is 353 g/mol. The van der Waals surface area contributed by atoms with Crippen LogP contribution in [0.3, 0.4) is 0 Å². The molecule has 1 saturated heterocycles. The van der Waals surface area contributed by atoms with Gasteiger partial charge in [0, 0.05) is 29.4 Å². The van der Waals surface area contributed by atoms with Crippen molar-refractivity contribution in [2.75, 3.05) is 25.5 Å². The lowest BCUT2D eigenvalue weighted by Gasteiger charge is -2.23. The van der Waals surface area contributed by atoms with Crippen molar-refractivity contribution in [2.45, 2.75) is 25.9 Å². The number of pyridine rings is 1. The van der Waals surface area contributed by atoms with Gasteiger partial charge >= 0.3 is 0 Å². The Balaban J connectivity index is 1.81. The molecule has 136 valence electrons. The largest absolute Gasteiger partial charge is 0.386 e. The Hall–Kier alpha value is -2.60. The van der Waals surface area contributed by atoms with E-state index in [2.05, 4.69) is 22.6 Å². The Morgan fingerprint density at radius 2 is 2.23 bits per heavy atom. The molecule has 0 radical (unpaired) electrons. The molecule has 0 saturated carbocycles. The Morgan fingerprint density at radius 3 is 2.96 bits per heavy atom. The second-order valence-electron chi connectivity index (χ2n) is 7.19. The van der Waals surface area contributed by atoms with Crippen molar-refractivity contribution in [1.29, 1.82) is 0 Å². The molecule has 1 fully saturated rings. The molecule has 4 rings (SSSR count). The van der Waals surface area contributed by atoms with E-state index in [-0.39, 0.29) is 5.82 Å². The standard InChI is InChI=1S/C20H24FN5/c1-12-4-3-5-15(21)20(12)17-9-16(24-13-6-7-26(2)11-13)14-8-19(22)23-10-18(14)25-17/h3-5,8-9,13,23H,6-7,10-11,22H2,1-2H3,(H,24,25). The van der Waals surface area contributed by atoms with Crippen LogP contribution >= 0.6 is 0 Å². The number of halogens is 1. The Kier molecular flexibility index (Phi) is 4.28. The summed E-state index contributed by atoms with van der Waals surface area (Å²) in [6.45, 7) is 4.51. The van der Waals surface area contributed by atoms with Gasteiger partial charge in [-0.15, -0.1) is 0 Å². The molecule has 1 aromatic heterocycles. The molecule has 26 heavy (non-hydrogen) atoms. The van der Waals surface area contributed by atoms with Crippen LogP contribution in [0.4, 0.5) is 10.1 Å². The monoisotopic (exact) mass is 353 g/mol. The topological polar surface area (TPSA) is 66.2 Å². The van der Waals surface area contributed by atoms with Crippen LogP contribution in [0, 0.1) is 12.7 Å². The molecule has 2 aliphatic rings. The summed E-state index contributed by atoms with van der Waals surface area (Å²) in [7, 11) is 2.12. The lowest BCUT2D eigenvalue weighted by molar-refractivity contribution is 0.414. The van der Waals surface area contributed by atoms with Crippen molar-refractivity contribution in [3.63, 3.8) is 0 Å². The van der Waals surface area contributed by atoms with Gasteiger partial charge in [0.25, 0.3) is 0 Å². The number of aromatic nitrogens is 1. The summed E-state index contributed by atoms with van der Waals surface area (Å²) in [5, 5.41) is 6.76. The van der Waals surface area contributed by atoms with E-state index >= 15 is 0 Å². The number of likely N-dealkylation sites (tertiary alicyclic amines) is 1. The molecule has 2 aromatic rings. The molecule has 1 aromatic carbocycles. The molecule has 0 spiro atoms. The van der Waals surface area contributed by atoms with Crippen molar-refractivity contribution >= 4 is 11.8 Å². The Labute approximate surface area is 153 Å². The van der Waals surface area contributed by atoms with E-state index in [4.69, 9.17) is 10.7 Å². The quantitative estimate of drug-likeness (QED) is 0.792. The summed E-state index contributed by atoms with van der Waals surface area (Å²) in [6, 6.07) is 7.45. The van der Waals surface area contributed by atoms with Gasteiger partial charge in [0.2, 0.25) is 0 Å². The maximum Gasteiger partial charge on any atom is 0.132 e. The SMILES string of the molecule is Cc1cccc(F)c1-c1cc(NC2CCN(C)C2)c2c(n1)CNC(N)=C2. The molecule has 0 aliphatic carbocycles. The zero-order valence-electron chi connectivity index (χ0n) is 15.1. The summed E-state index contributed by atoms with van der Waals surface area (Å²) in [5.74, 6) is 0.378. The second kappa shape index (κ2) is 6.61. The molecule has 0 bridgehead atoms. The zero-order chi connectivity index (χ0) is 18.3. The van der Waals surface area contributed by atoms with E-state index in [1.807, 2.05) is 25.1 Å². The van der Waals surface area contributed by atoms with Crippen LogP contribution in [0.2, 0.25) is 0 Å². The fourth-order valence-corrected chi connectivity index (χ4v) is 3.77. The molecule has 4 N–H and O–H groups in total. The maximum atomic E-state index is 14.5. The van der Waals surface area contributed by atoms with Gasteiger partial charge in [0.15, 0.2) is 0 Å². The molecular formula is C20H24FN5. The van der Waals surface area contributed by atoms with E-state index in [1.165, 1.54) is 6.07 Å². The molecular weight excluding hydrogens is 329 g/mol. The summed E-state index contributed by atoms with van der Waals surface area (Å²) < 4.78 is 14.5. The molecule has 1 atom stereocenters. The van der Waals surface area contributed by atoms with E-state index < -0.39 is 0 Å². The van der Waals surface area contributed by atoms with Crippen molar-refractivity contribution in [3.05, 3.63) is 52.7 Å². The van der Waals surface area contributed by atoms with Crippen molar-refractivity contribution in [1.82, 2.24) is 15.2 Å². The fraction of sp³-hybridized carbons (Fsp3) is 0.350. The van der Waals surface area contributed by atoms with E-state index in [1.54, 1.807) is 6.07 Å². The van der Waals surface area contributed by atoms with Gasteiger partial charge in [-0.2, -0.15) is 0 Å². The first kappa shape index (κ1) is 16.8. The molecule has 3 heterocycles. The van der Waals surface area contributed by atoms with Gasteiger partial charge in [0.1, 0.15) is 5.82 Å². The number of nitrogens with zero attached hydrogens (tertiary/aromatic N) is 2. The van der Waals surface area contributed by atoms with Crippen LogP contribution in [-0.2, 0) is 6.54 Å². The van der Waals surface area contributed by atoms with Crippen LogP contribution in [0.25, 0.3) is 17.3 Å². The first-order valence-electron chi connectivity index (χ1n) is 8.97. The third kappa shape index (κ3) is 3.12. The number of hydrogen-bond acceptors (Lipinski definition) is 5. The number of anilines is 1. The van der Waals surface area contributed by atoms with Gasteiger partial charge in [-0.1, -0.05) is 12.1 Å². The number of rotatable bonds is 3. The molecule has 2 aliphatic heterocycles. The van der Waals surface area contributed by atoms with Gasteiger partial charge < -0.3 is 21.3 Å². The van der Waals surface area contributed by atoms with E-state index in [9.17, 15) is 4.39 Å². The first-order valence-corrected chi connectivity index (χ1v) is 8.97. The highest BCUT2D eigenvalue weighted by Crippen LogP contribution is 2.33. The van der Waals surface area contributed by atoms with Gasteiger partial charge in [-0.25, -0.2) is 4.39 Å². The molecule has 5 nitrogen and oxygen atoms in total. The number of aryl methyl sites for hydroxylation is 1. The predicted octanol–water partition coefficient (Wildman–Crippen LogP) is 2.67.